The summed E-state index contributed by atoms with van der Waals surface area (Å²) in [6, 6.07) is 5.99. The number of aryl methyl sites for hydroxylation is 1. The SMILES string of the molecule is CCCCCCCCCCCCc1cccc(P(O)(O)(O)CCCCCCCCCCCC)c1CCCCCCCCCCCC. The minimum atomic E-state index is -4.92. The Morgan fingerprint density at radius 1 is 0.391 bits per heavy atom. The predicted molar refractivity (Wildman–Crippen MR) is 207 cm³/mol. The minimum Gasteiger partial charge on any atom is -0.0654 e. The van der Waals surface area contributed by atoms with Gasteiger partial charge in [-0.3, -0.25) is 0 Å². The maximum absolute atomic E-state index is 11.5. The molecule has 1 aromatic rings. The van der Waals surface area contributed by atoms with Crippen molar-refractivity contribution in [2.45, 2.75) is 226 Å². The molecular weight excluding hydrogens is 583 g/mol. The molecule has 0 amide bonds. The molecule has 3 N–H and O–H groups in total. The Morgan fingerprint density at radius 2 is 0.717 bits per heavy atom. The van der Waals surface area contributed by atoms with Gasteiger partial charge < -0.3 is 0 Å². The van der Waals surface area contributed by atoms with Crippen molar-refractivity contribution in [1.82, 2.24) is 0 Å². The molecule has 46 heavy (non-hydrogen) atoms. The standard InChI is InChI=1S/C42H81O3P/c1-4-7-10-13-16-19-22-25-28-31-35-40-36-34-38-42(41(40)37-32-29-26-23-20-17-14-11-8-5-2)46(43,44,45)39-33-30-27-24-21-18-15-12-9-6-3/h34,36,38,43-45H,4-33,35,37,39H2,1-3H3. The molecule has 0 fully saturated rings. The Bertz CT molecular complexity index is 815. The van der Waals surface area contributed by atoms with E-state index < -0.39 is 7.28 Å². The van der Waals surface area contributed by atoms with Crippen molar-refractivity contribution in [3.8, 4) is 0 Å². The Balaban J connectivity index is 2.67. The van der Waals surface area contributed by atoms with E-state index in [1.807, 2.05) is 12.1 Å². The summed E-state index contributed by atoms with van der Waals surface area (Å²) in [6.45, 7) is 6.81. The van der Waals surface area contributed by atoms with Crippen molar-refractivity contribution in [2.24, 2.45) is 0 Å². The first-order valence-corrected chi connectivity index (χ1v) is 23.0. The van der Waals surface area contributed by atoms with E-state index in [1.54, 1.807) is 0 Å². The Kier molecular flexibility index (Phi) is 26.9. The van der Waals surface area contributed by atoms with Gasteiger partial charge in [0.1, 0.15) is 0 Å². The smallest absolute Gasteiger partial charge is 0.0654 e. The summed E-state index contributed by atoms with van der Waals surface area (Å²) in [7, 11) is -4.92. The Hall–Kier alpha value is -0.470. The molecule has 0 atom stereocenters. The molecule has 3 nitrogen and oxygen atoms in total. The molecule has 0 radical (unpaired) electrons. The maximum atomic E-state index is 11.5. The first-order chi connectivity index (χ1) is 22.3. The van der Waals surface area contributed by atoms with E-state index in [4.69, 9.17) is 0 Å². The van der Waals surface area contributed by atoms with E-state index >= 15 is 0 Å². The van der Waals surface area contributed by atoms with Gasteiger partial charge in [0.15, 0.2) is 0 Å². The number of benzene rings is 1. The number of hydrogen-bond donors (Lipinski definition) is 3. The fourth-order valence-corrected chi connectivity index (χ4v) is 9.42. The van der Waals surface area contributed by atoms with Crippen LogP contribution in [0.1, 0.15) is 225 Å². The molecule has 0 unspecified atom stereocenters. The van der Waals surface area contributed by atoms with Gasteiger partial charge in [-0.15, -0.1) is 0 Å². The molecular formula is C42H81O3P. The fourth-order valence-electron chi connectivity index (χ4n) is 7.18. The van der Waals surface area contributed by atoms with Gasteiger partial charge in [0.25, 0.3) is 0 Å². The second kappa shape index (κ2) is 28.4. The average molecular weight is 665 g/mol. The van der Waals surface area contributed by atoms with Crippen LogP contribution >= 0.6 is 7.28 Å². The van der Waals surface area contributed by atoms with Crippen LogP contribution in [0.15, 0.2) is 18.2 Å². The van der Waals surface area contributed by atoms with Crippen LogP contribution in [0.25, 0.3) is 0 Å². The first-order valence-electron chi connectivity index (χ1n) is 20.7. The van der Waals surface area contributed by atoms with Gasteiger partial charge in [0.05, 0.1) is 0 Å². The molecule has 1 aromatic carbocycles. The summed E-state index contributed by atoms with van der Waals surface area (Å²) in [4.78, 5) is 34.6. The second-order valence-electron chi connectivity index (χ2n) is 14.8. The molecule has 0 saturated carbocycles. The summed E-state index contributed by atoms with van der Waals surface area (Å²) in [5, 5.41) is 0.474. The Labute approximate surface area is 288 Å². The van der Waals surface area contributed by atoms with E-state index in [2.05, 4.69) is 26.8 Å². The van der Waals surface area contributed by atoms with Crippen molar-refractivity contribution in [3.63, 3.8) is 0 Å². The van der Waals surface area contributed by atoms with Crippen LogP contribution in [0.3, 0.4) is 0 Å². The van der Waals surface area contributed by atoms with Gasteiger partial charge in [-0.2, -0.15) is 0 Å². The molecule has 0 aliphatic carbocycles. The zero-order chi connectivity index (χ0) is 33.6. The topological polar surface area (TPSA) is 60.7 Å². The van der Waals surface area contributed by atoms with Gasteiger partial charge in [0, 0.05) is 0 Å². The molecule has 0 spiro atoms. The molecule has 0 aromatic heterocycles. The van der Waals surface area contributed by atoms with E-state index in [9.17, 15) is 14.7 Å². The third kappa shape index (κ3) is 22.2. The quantitative estimate of drug-likeness (QED) is 0.0507. The van der Waals surface area contributed by atoms with Crippen molar-refractivity contribution in [2.75, 3.05) is 6.16 Å². The summed E-state index contributed by atoms with van der Waals surface area (Å²) in [6.07, 6.45) is 39.9. The monoisotopic (exact) mass is 665 g/mol. The summed E-state index contributed by atoms with van der Waals surface area (Å²) < 4.78 is 0. The van der Waals surface area contributed by atoms with Crippen LogP contribution in [-0.2, 0) is 12.8 Å². The van der Waals surface area contributed by atoms with E-state index in [0.717, 1.165) is 44.1 Å². The molecule has 272 valence electrons. The van der Waals surface area contributed by atoms with Crippen molar-refractivity contribution < 1.29 is 14.7 Å². The van der Waals surface area contributed by atoms with Crippen molar-refractivity contribution in [3.05, 3.63) is 29.3 Å². The molecule has 0 heterocycles. The van der Waals surface area contributed by atoms with E-state index in [0.29, 0.717) is 11.7 Å². The Morgan fingerprint density at radius 3 is 1.11 bits per heavy atom. The molecule has 1 rings (SSSR count). The normalized spacial score (nSPS) is 12.9. The van der Waals surface area contributed by atoms with Crippen LogP contribution in [0.2, 0.25) is 0 Å². The number of unbranched alkanes of at least 4 members (excludes halogenated alkanes) is 27. The van der Waals surface area contributed by atoms with Crippen LogP contribution in [-0.4, -0.2) is 20.8 Å². The minimum absolute atomic E-state index is 0.106. The van der Waals surface area contributed by atoms with Crippen molar-refractivity contribution >= 4 is 12.6 Å². The zero-order valence-electron chi connectivity index (χ0n) is 31.4. The van der Waals surface area contributed by atoms with Crippen LogP contribution < -0.4 is 5.30 Å². The summed E-state index contributed by atoms with van der Waals surface area (Å²) in [5.74, 6) is 0. The molecule has 0 saturated heterocycles. The zero-order valence-corrected chi connectivity index (χ0v) is 32.2. The summed E-state index contributed by atoms with van der Waals surface area (Å²) in [5.41, 5.74) is 2.29. The summed E-state index contributed by atoms with van der Waals surface area (Å²) >= 11 is 0. The molecule has 0 aliphatic heterocycles. The third-order valence-electron chi connectivity index (χ3n) is 10.2. The third-order valence-corrected chi connectivity index (χ3v) is 12.8. The van der Waals surface area contributed by atoms with Crippen LogP contribution in [0.4, 0.5) is 0 Å². The number of hydrogen-bond acceptors (Lipinski definition) is 3. The molecule has 0 aliphatic rings. The van der Waals surface area contributed by atoms with Gasteiger partial charge in [-0.05, 0) is 0 Å². The first kappa shape index (κ1) is 43.6. The second-order valence-corrected chi connectivity index (χ2v) is 18.1. The average Bonchev–Trinajstić information content (AvgIpc) is 3.03. The van der Waals surface area contributed by atoms with E-state index in [-0.39, 0.29) is 6.16 Å². The van der Waals surface area contributed by atoms with Crippen LogP contribution in [0, 0.1) is 0 Å². The fraction of sp³-hybridized carbons (Fsp3) is 0.857. The van der Waals surface area contributed by atoms with Crippen molar-refractivity contribution in [1.29, 1.82) is 0 Å². The predicted octanol–water partition coefficient (Wildman–Crippen LogP) is 13.4. The molecule has 4 heteroatoms. The van der Waals surface area contributed by atoms with Gasteiger partial charge in [0.2, 0.25) is 0 Å². The van der Waals surface area contributed by atoms with E-state index in [1.165, 1.54) is 166 Å². The van der Waals surface area contributed by atoms with Crippen LogP contribution in [0.5, 0.6) is 0 Å². The number of rotatable bonds is 34. The van der Waals surface area contributed by atoms with Gasteiger partial charge >= 0.3 is 256 Å². The molecule has 0 bridgehead atoms. The van der Waals surface area contributed by atoms with Gasteiger partial charge in [-0.25, -0.2) is 0 Å². The van der Waals surface area contributed by atoms with Gasteiger partial charge in [-0.1, -0.05) is 33.1 Å².